The third-order valence-electron chi connectivity index (χ3n) is 7.00. The van der Waals surface area contributed by atoms with Gasteiger partial charge in [-0.25, -0.2) is 9.78 Å². The molecule has 9 nitrogen and oxygen atoms in total. The van der Waals surface area contributed by atoms with Gasteiger partial charge in [0.05, 0.1) is 18.3 Å². The molecule has 0 saturated carbocycles. The van der Waals surface area contributed by atoms with Gasteiger partial charge in [0.25, 0.3) is 0 Å². The molecule has 2 atom stereocenters. The minimum absolute atomic E-state index is 0.169. The van der Waals surface area contributed by atoms with Gasteiger partial charge in [-0.1, -0.05) is 30.3 Å². The lowest BCUT2D eigenvalue weighted by Gasteiger charge is -2.26. The second-order valence-corrected chi connectivity index (χ2v) is 9.36. The topological polar surface area (TPSA) is 108 Å². The van der Waals surface area contributed by atoms with E-state index in [0.29, 0.717) is 37.5 Å². The van der Waals surface area contributed by atoms with Crippen molar-refractivity contribution >= 4 is 11.8 Å². The van der Waals surface area contributed by atoms with Crippen molar-refractivity contribution in [2.45, 2.75) is 37.2 Å². The summed E-state index contributed by atoms with van der Waals surface area (Å²) in [5, 5.41) is 7.67. The molecule has 196 valence electrons. The number of nitrogens with two attached hydrogens (primary N) is 1. The van der Waals surface area contributed by atoms with E-state index in [1.54, 1.807) is 12.0 Å². The van der Waals surface area contributed by atoms with Crippen molar-refractivity contribution in [2.24, 2.45) is 0 Å². The van der Waals surface area contributed by atoms with Gasteiger partial charge in [0.15, 0.2) is 11.6 Å². The molecule has 1 fully saturated rings. The molecule has 2 aliphatic rings. The number of halogens is 3. The number of ether oxygens (including phenoxy) is 2. The standard InChI is InChI=1S/C25H27F3N6O3/c1-36-14-19(16-5-3-2-4-6-16)31-23(35)33-9-7-24(15-33)8-10-34-21(24)12-18(32-34)17-11-20(22(29)30-13-17)37-25(26,27)28/h2-6,11-13,19H,7-10,14-15H2,1H3,(H2,29,30)(H,31,35). The fraction of sp³-hybridized carbons (Fsp3) is 0.400. The third kappa shape index (κ3) is 5.06. The van der Waals surface area contributed by atoms with Crippen LogP contribution in [0, 0.1) is 0 Å². The number of nitrogen functional groups attached to an aromatic ring is 1. The first-order valence-electron chi connectivity index (χ1n) is 11.9. The minimum atomic E-state index is -4.88. The van der Waals surface area contributed by atoms with E-state index in [0.717, 1.165) is 24.1 Å². The number of anilines is 1. The Morgan fingerprint density at radius 2 is 1.97 bits per heavy atom. The van der Waals surface area contributed by atoms with E-state index < -0.39 is 12.1 Å². The molecule has 3 aromatic rings. The number of aromatic nitrogens is 3. The molecule has 1 aromatic carbocycles. The van der Waals surface area contributed by atoms with E-state index in [9.17, 15) is 18.0 Å². The van der Waals surface area contributed by atoms with Crippen LogP contribution in [0.5, 0.6) is 5.75 Å². The van der Waals surface area contributed by atoms with Crippen molar-refractivity contribution in [1.29, 1.82) is 0 Å². The Labute approximate surface area is 211 Å². The molecule has 2 aliphatic heterocycles. The number of nitrogens with zero attached hydrogens (tertiary/aromatic N) is 4. The lowest BCUT2D eigenvalue weighted by molar-refractivity contribution is -0.274. The van der Waals surface area contributed by atoms with Crippen molar-refractivity contribution in [1.82, 2.24) is 25.0 Å². The number of carbonyl (C=O) groups is 1. The Morgan fingerprint density at radius 1 is 1.22 bits per heavy atom. The largest absolute Gasteiger partial charge is 0.573 e. The lowest BCUT2D eigenvalue weighted by atomic mass is 9.82. The number of methoxy groups -OCH3 is 1. The summed E-state index contributed by atoms with van der Waals surface area (Å²) >= 11 is 0. The predicted octanol–water partition coefficient (Wildman–Crippen LogP) is 3.87. The van der Waals surface area contributed by atoms with Crippen LogP contribution in [0.15, 0.2) is 48.7 Å². The molecule has 37 heavy (non-hydrogen) atoms. The van der Waals surface area contributed by atoms with Crippen LogP contribution in [-0.2, 0) is 16.7 Å². The van der Waals surface area contributed by atoms with Crippen LogP contribution in [0.3, 0.4) is 0 Å². The molecular formula is C25H27F3N6O3. The number of nitrogens with one attached hydrogen (secondary N) is 1. The summed E-state index contributed by atoms with van der Waals surface area (Å²) < 4.78 is 49.4. The highest BCUT2D eigenvalue weighted by Crippen LogP contribution is 2.44. The monoisotopic (exact) mass is 516 g/mol. The zero-order valence-electron chi connectivity index (χ0n) is 20.2. The number of benzene rings is 1. The van der Waals surface area contributed by atoms with Crippen molar-refractivity contribution in [2.75, 3.05) is 32.5 Å². The SMILES string of the molecule is COCC(NC(=O)N1CCC2(CCn3nc(-c4cnc(N)c(OC(F)(F)F)c4)cc32)C1)c1ccccc1. The molecular weight excluding hydrogens is 489 g/mol. The van der Waals surface area contributed by atoms with Gasteiger partial charge in [-0.15, -0.1) is 13.2 Å². The molecule has 3 N–H and O–H groups in total. The average Bonchev–Trinajstić information content (AvgIpc) is 3.57. The summed E-state index contributed by atoms with van der Waals surface area (Å²) in [6.07, 6.45) is -1.93. The van der Waals surface area contributed by atoms with E-state index in [2.05, 4.69) is 20.1 Å². The van der Waals surface area contributed by atoms with Crippen LogP contribution in [-0.4, -0.2) is 58.9 Å². The second-order valence-electron chi connectivity index (χ2n) is 9.36. The number of likely N-dealkylation sites (tertiary alicyclic amines) is 1. The quantitative estimate of drug-likeness (QED) is 0.515. The maximum atomic E-state index is 13.2. The number of hydrogen-bond donors (Lipinski definition) is 2. The molecule has 0 bridgehead atoms. The summed E-state index contributed by atoms with van der Waals surface area (Å²) in [6.45, 7) is 2.09. The number of fused-ring (bicyclic) bond motifs is 2. The Bertz CT molecular complexity index is 1280. The van der Waals surface area contributed by atoms with Crippen LogP contribution in [0.2, 0.25) is 0 Å². The van der Waals surface area contributed by atoms with Gasteiger partial charge in [-0.05, 0) is 30.5 Å². The highest BCUT2D eigenvalue weighted by atomic mass is 19.4. The van der Waals surface area contributed by atoms with Gasteiger partial charge in [0, 0.05) is 49.6 Å². The zero-order chi connectivity index (χ0) is 26.2. The Hall–Kier alpha value is -3.80. The first-order chi connectivity index (χ1) is 17.7. The lowest BCUT2D eigenvalue weighted by Crippen LogP contribution is -2.43. The summed E-state index contributed by atoms with van der Waals surface area (Å²) in [5.74, 6) is -0.926. The fourth-order valence-corrected chi connectivity index (χ4v) is 5.18. The zero-order valence-corrected chi connectivity index (χ0v) is 20.2. The van der Waals surface area contributed by atoms with Crippen LogP contribution in [0.25, 0.3) is 11.3 Å². The number of alkyl halides is 3. The molecule has 5 rings (SSSR count). The number of aryl methyl sites for hydroxylation is 1. The van der Waals surface area contributed by atoms with E-state index in [4.69, 9.17) is 10.5 Å². The molecule has 2 aromatic heterocycles. The van der Waals surface area contributed by atoms with Gasteiger partial charge in [0.2, 0.25) is 0 Å². The second kappa shape index (κ2) is 9.58. The van der Waals surface area contributed by atoms with Crippen LogP contribution >= 0.6 is 0 Å². The van der Waals surface area contributed by atoms with Crippen molar-refractivity contribution < 1.29 is 27.4 Å². The molecule has 0 radical (unpaired) electrons. The number of amides is 2. The highest BCUT2D eigenvalue weighted by Gasteiger charge is 2.47. The fourth-order valence-electron chi connectivity index (χ4n) is 5.18. The summed E-state index contributed by atoms with van der Waals surface area (Å²) in [6, 6.07) is 12.3. The normalized spacial score (nSPS) is 19.7. The van der Waals surface area contributed by atoms with Crippen LogP contribution < -0.4 is 15.8 Å². The van der Waals surface area contributed by atoms with Crippen molar-refractivity contribution in [3.63, 3.8) is 0 Å². The van der Waals surface area contributed by atoms with Gasteiger partial charge < -0.3 is 25.4 Å². The number of hydrogen-bond acceptors (Lipinski definition) is 6. The summed E-state index contributed by atoms with van der Waals surface area (Å²) in [5.41, 5.74) is 8.03. The third-order valence-corrected chi connectivity index (χ3v) is 7.00. The van der Waals surface area contributed by atoms with E-state index in [1.165, 1.54) is 12.3 Å². The molecule has 4 heterocycles. The molecule has 1 spiro atoms. The Morgan fingerprint density at radius 3 is 2.70 bits per heavy atom. The van der Waals surface area contributed by atoms with E-state index >= 15 is 0 Å². The van der Waals surface area contributed by atoms with E-state index in [1.807, 2.05) is 41.1 Å². The maximum Gasteiger partial charge on any atom is 0.573 e. The highest BCUT2D eigenvalue weighted by molar-refractivity contribution is 5.75. The number of carbonyl (C=O) groups excluding carboxylic acids is 1. The summed E-state index contributed by atoms with van der Waals surface area (Å²) in [7, 11) is 1.60. The van der Waals surface area contributed by atoms with Crippen LogP contribution in [0.1, 0.15) is 30.1 Å². The first-order valence-corrected chi connectivity index (χ1v) is 11.9. The number of urea groups is 1. The van der Waals surface area contributed by atoms with Gasteiger partial charge in [-0.3, -0.25) is 4.68 Å². The number of rotatable bonds is 6. The van der Waals surface area contributed by atoms with E-state index in [-0.39, 0.29) is 23.3 Å². The molecule has 2 amide bonds. The van der Waals surface area contributed by atoms with Crippen LogP contribution in [0.4, 0.5) is 23.8 Å². The molecule has 12 heteroatoms. The van der Waals surface area contributed by atoms with Gasteiger partial charge in [0.1, 0.15) is 0 Å². The molecule has 1 saturated heterocycles. The number of pyridine rings is 1. The van der Waals surface area contributed by atoms with Gasteiger partial charge >= 0.3 is 12.4 Å². The Kier molecular flexibility index (Phi) is 6.44. The summed E-state index contributed by atoms with van der Waals surface area (Å²) in [4.78, 5) is 18.8. The van der Waals surface area contributed by atoms with Crippen molar-refractivity contribution in [3.05, 3.63) is 59.9 Å². The average molecular weight is 517 g/mol. The predicted molar refractivity (Wildman–Crippen MR) is 129 cm³/mol. The minimum Gasteiger partial charge on any atom is -0.402 e. The van der Waals surface area contributed by atoms with Crippen molar-refractivity contribution in [3.8, 4) is 17.0 Å². The Balaban J connectivity index is 1.33. The smallest absolute Gasteiger partial charge is 0.402 e. The molecule has 0 aliphatic carbocycles. The maximum absolute atomic E-state index is 13.2. The molecule has 2 unspecified atom stereocenters. The first kappa shape index (κ1) is 24.9. The van der Waals surface area contributed by atoms with Gasteiger partial charge in [-0.2, -0.15) is 5.10 Å².